The zero-order valence-electron chi connectivity index (χ0n) is 13.3. The maximum absolute atomic E-state index is 11.9. The lowest BCUT2D eigenvalue weighted by Gasteiger charge is -2.09. The molecule has 0 amide bonds. The number of hydrogen-bond acceptors (Lipinski definition) is 5. The second kappa shape index (κ2) is 8.17. The molecule has 5 heteroatoms. The minimum absolute atomic E-state index is 0.323. The molecule has 0 spiro atoms. The van der Waals surface area contributed by atoms with Crippen LogP contribution < -0.4 is 4.74 Å². The van der Waals surface area contributed by atoms with Crippen LogP contribution in [0.1, 0.15) is 31.4 Å². The van der Waals surface area contributed by atoms with Gasteiger partial charge in [-0.3, -0.25) is 0 Å². The number of carbonyl (C=O) groups excluding carboxylic acids is 2. The highest BCUT2D eigenvalue weighted by atomic mass is 16.5. The van der Waals surface area contributed by atoms with Crippen LogP contribution in [0.4, 0.5) is 0 Å². The van der Waals surface area contributed by atoms with Gasteiger partial charge in [-0.1, -0.05) is 18.2 Å². The molecule has 1 aromatic rings. The Balaban J connectivity index is 2.29. The van der Waals surface area contributed by atoms with Crippen molar-refractivity contribution >= 4 is 24.1 Å². The molecule has 1 aromatic carbocycles. The van der Waals surface area contributed by atoms with Crippen molar-refractivity contribution in [1.82, 2.24) is 0 Å². The van der Waals surface area contributed by atoms with Gasteiger partial charge in [0.2, 0.25) is 0 Å². The summed E-state index contributed by atoms with van der Waals surface area (Å²) in [6.45, 7) is 4.58. The molecule has 0 radical (unpaired) electrons. The van der Waals surface area contributed by atoms with Crippen LogP contribution >= 0.6 is 0 Å². The van der Waals surface area contributed by atoms with E-state index in [2.05, 4.69) is 0 Å². The lowest BCUT2D eigenvalue weighted by atomic mass is 10.1. The van der Waals surface area contributed by atoms with Crippen LogP contribution in [0.5, 0.6) is 5.75 Å². The smallest absolute Gasteiger partial charge is 0.334 e. The van der Waals surface area contributed by atoms with Crippen LogP contribution in [0.15, 0.2) is 29.8 Å². The summed E-state index contributed by atoms with van der Waals surface area (Å²) in [6.07, 6.45) is 5.28. The summed E-state index contributed by atoms with van der Waals surface area (Å²) in [7, 11) is 0. The molecule has 0 aliphatic carbocycles. The van der Waals surface area contributed by atoms with E-state index >= 15 is 0 Å². The van der Waals surface area contributed by atoms with Gasteiger partial charge < -0.3 is 14.2 Å². The molecule has 0 saturated carbocycles. The Kier molecular flexibility index (Phi) is 5.97. The maximum Gasteiger partial charge on any atom is 0.334 e. The van der Waals surface area contributed by atoms with Gasteiger partial charge in [0.1, 0.15) is 5.75 Å². The second-order valence-corrected chi connectivity index (χ2v) is 4.84. The number of fused-ring (bicyclic) bond motifs is 1. The summed E-state index contributed by atoms with van der Waals surface area (Å²) in [6, 6.07) is 5.55. The van der Waals surface area contributed by atoms with Gasteiger partial charge in [0, 0.05) is 29.2 Å². The first-order chi connectivity index (χ1) is 11.2. The van der Waals surface area contributed by atoms with Crippen molar-refractivity contribution in [2.24, 2.45) is 0 Å². The SMILES string of the molecule is CCOC(=O)/C=C/c1cccc2c1OCCC(C(=O)OCC)=C2. The summed E-state index contributed by atoms with van der Waals surface area (Å²) < 4.78 is 15.7. The molecule has 1 heterocycles. The topological polar surface area (TPSA) is 61.8 Å². The van der Waals surface area contributed by atoms with E-state index in [1.165, 1.54) is 6.08 Å². The zero-order valence-corrected chi connectivity index (χ0v) is 13.3. The first-order valence-electron chi connectivity index (χ1n) is 7.64. The molecule has 0 saturated heterocycles. The minimum atomic E-state index is -0.401. The van der Waals surface area contributed by atoms with Crippen LogP contribution in [0.2, 0.25) is 0 Å². The number of carbonyl (C=O) groups is 2. The van der Waals surface area contributed by atoms with E-state index in [1.807, 2.05) is 18.2 Å². The number of benzene rings is 1. The molecule has 1 aliphatic rings. The van der Waals surface area contributed by atoms with Gasteiger partial charge in [-0.2, -0.15) is 0 Å². The quantitative estimate of drug-likeness (QED) is 0.617. The highest BCUT2D eigenvalue weighted by molar-refractivity contribution is 5.95. The van der Waals surface area contributed by atoms with Crippen molar-refractivity contribution in [2.75, 3.05) is 19.8 Å². The Hall–Kier alpha value is -2.56. The number of esters is 2. The number of rotatable bonds is 5. The largest absolute Gasteiger partial charge is 0.492 e. The van der Waals surface area contributed by atoms with Crippen LogP contribution in [0.3, 0.4) is 0 Å². The lowest BCUT2D eigenvalue weighted by Crippen LogP contribution is -2.09. The Morgan fingerprint density at radius 2 is 2.00 bits per heavy atom. The van der Waals surface area contributed by atoms with Crippen LogP contribution in [-0.2, 0) is 19.1 Å². The lowest BCUT2D eigenvalue weighted by molar-refractivity contribution is -0.139. The Labute approximate surface area is 135 Å². The molecular formula is C18H20O5. The standard InChI is InChI=1S/C18H20O5/c1-3-21-16(19)9-8-13-6-5-7-14-12-15(18(20)22-4-2)10-11-23-17(13)14/h5-9,12H,3-4,10-11H2,1-2H3/b9-8+. The third-order valence-corrected chi connectivity index (χ3v) is 3.25. The van der Waals surface area contributed by atoms with Gasteiger partial charge in [-0.05, 0) is 26.0 Å². The first kappa shape index (κ1) is 16.8. The molecule has 1 aliphatic heterocycles. The number of ether oxygens (including phenoxy) is 3. The Morgan fingerprint density at radius 1 is 1.22 bits per heavy atom. The van der Waals surface area contributed by atoms with E-state index in [0.29, 0.717) is 37.6 Å². The second-order valence-electron chi connectivity index (χ2n) is 4.84. The number of para-hydroxylation sites is 1. The fourth-order valence-corrected chi connectivity index (χ4v) is 2.24. The number of hydrogen-bond donors (Lipinski definition) is 0. The predicted molar refractivity (Wildman–Crippen MR) is 86.8 cm³/mol. The maximum atomic E-state index is 11.9. The molecule has 0 N–H and O–H groups in total. The molecule has 5 nitrogen and oxygen atoms in total. The third-order valence-electron chi connectivity index (χ3n) is 3.25. The van der Waals surface area contributed by atoms with Crippen molar-refractivity contribution in [3.8, 4) is 5.75 Å². The molecule has 23 heavy (non-hydrogen) atoms. The Morgan fingerprint density at radius 3 is 2.74 bits per heavy atom. The van der Waals surface area contributed by atoms with E-state index in [0.717, 1.165) is 11.1 Å². The molecule has 0 aromatic heterocycles. The van der Waals surface area contributed by atoms with Gasteiger partial charge in [0.25, 0.3) is 0 Å². The summed E-state index contributed by atoms with van der Waals surface area (Å²) in [5.74, 6) is -0.0785. The van der Waals surface area contributed by atoms with Crippen molar-refractivity contribution < 1.29 is 23.8 Å². The van der Waals surface area contributed by atoms with Crippen LogP contribution in [0, 0.1) is 0 Å². The third kappa shape index (κ3) is 4.45. The van der Waals surface area contributed by atoms with Gasteiger partial charge in [0.15, 0.2) is 0 Å². The predicted octanol–water partition coefficient (Wildman–Crippen LogP) is 2.99. The fraction of sp³-hybridized carbons (Fsp3) is 0.333. The van der Waals surface area contributed by atoms with E-state index < -0.39 is 5.97 Å². The van der Waals surface area contributed by atoms with E-state index in [1.54, 1.807) is 26.0 Å². The molecule has 122 valence electrons. The van der Waals surface area contributed by atoms with E-state index in [9.17, 15) is 9.59 Å². The molecule has 0 bridgehead atoms. The van der Waals surface area contributed by atoms with Crippen LogP contribution in [0.25, 0.3) is 12.2 Å². The van der Waals surface area contributed by atoms with Gasteiger partial charge in [-0.25, -0.2) is 9.59 Å². The van der Waals surface area contributed by atoms with Gasteiger partial charge in [-0.15, -0.1) is 0 Å². The van der Waals surface area contributed by atoms with E-state index in [4.69, 9.17) is 14.2 Å². The normalized spacial score (nSPS) is 13.6. The molecule has 0 atom stereocenters. The molecule has 2 rings (SSSR count). The van der Waals surface area contributed by atoms with E-state index in [-0.39, 0.29) is 5.97 Å². The summed E-state index contributed by atoms with van der Waals surface area (Å²) in [5, 5.41) is 0. The highest BCUT2D eigenvalue weighted by Gasteiger charge is 2.17. The van der Waals surface area contributed by atoms with Gasteiger partial charge in [0.05, 0.1) is 19.8 Å². The van der Waals surface area contributed by atoms with Crippen molar-refractivity contribution in [2.45, 2.75) is 20.3 Å². The highest BCUT2D eigenvalue weighted by Crippen LogP contribution is 2.31. The zero-order chi connectivity index (χ0) is 16.7. The fourth-order valence-electron chi connectivity index (χ4n) is 2.24. The molecule has 0 fully saturated rings. The summed E-state index contributed by atoms with van der Waals surface area (Å²) in [5.41, 5.74) is 2.13. The van der Waals surface area contributed by atoms with Crippen LogP contribution in [-0.4, -0.2) is 31.8 Å². The average Bonchev–Trinajstić information content (AvgIpc) is 2.76. The Bertz CT molecular complexity index is 643. The minimum Gasteiger partial charge on any atom is -0.492 e. The van der Waals surface area contributed by atoms with Crippen molar-refractivity contribution in [3.05, 3.63) is 41.0 Å². The van der Waals surface area contributed by atoms with Crippen molar-refractivity contribution in [3.63, 3.8) is 0 Å². The van der Waals surface area contributed by atoms with Crippen molar-refractivity contribution in [1.29, 1.82) is 0 Å². The molecule has 0 unspecified atom stereocenters. The summed E-state index contributed by atoms with van der Waals surface area (Å²) in [4.78, 5) is 23.4. The average molecular weight is 316 g/mol. The summed E-state index contributed by atoms with van der Waals surface area (Å²) >= 11 is 0. The van der Waals surface area contributed by atoms with Gasteiger partial charge >= 0.3 is 11.9 Å². The monoisotopic (exact) mass is 316 g/mol. The first-order valence-corrected chi connectivity index (χ1v) is 7.64. The molecular weight excluding hydrogens is 296 g/mol.